The number of hydrogen-bond donors (Lipinski definition) is 0. The molecule has 24 heavy (non-hydrogen) atoms. The van der Waals surface area contributed by atoms with Crippen LogP contribution in [0.15, 0.2) is 48.5 Å². The summed E-state index contributed by atoms with van der Waals surface area (Å²) < 4.78 is 10.5. The zero-order chi connectivity index (χ0) is 17.1. The van der Waals surface area contributed by atoms with Gasteiger partial charge in [0.1, 0.15) is 0 Å². The first kappa shape index (κ1) is 16.1. The van der Waals surface area contributed by atoms with Gasteiger partial charge in [0.05, 0.1) is 14.2 Å². The topological polar surface area (TPSA) is 38.8 Å². The second-order valence-corrected chi connectivity index (χ2v) is 5.84. The van der Waals surface area contributed by atoms with E-state index in [1.165, 1.54) is 5.56 Å². The highest BCUT2D eigenvalue weighted by Crippen LogP contribution is 2.32. The minimum absolute atomic E-state index is 0.0118. The minimum Gasteiger partial charge on any atom is -0.493 e. The average Bonchev–Trinajstić information content (AvgIpc) is 2.95. The molecule has 2 aromatic rings. The summed E-state index contributed by atoms with van der Waals surface area (Å²) in [5.41, 5.74) is 3.12. The number of fused-ring (bicyclic) bond motifs is 1. The van der Waals surface area contributed by atoms with Crippen LogP contribution in [0.2, 0.25) is 0 Å². The molecule has 1 heterocycles. The molecule has 1 aliphatic heterocycles. The van der Waals surface area contributed by atoms with E-state index < -0.39 is 0 Å². The van der Waals surface area contributed by atoms with Crippen LogP contribution in [0.3, 0.4) is 0 Å². The molecule has 0 bridgehead atoms. The summed E-state index contributed by atoms with van der Waals surface area (Å²) in [5, 5.41) is 0. The maximum atomic E-state index is 12.7. The van der Waals surface area contributed by atoms with Crippen LogP contribution in [0.5, 0.6) is 11.5 Å². The van der Waals surface area contributed by atoms with E-state index in [2.05, 4.69) is 13.0 Å². The Labute approximate surface area is 142 Å². The Morgan fingerprint density at radius 2 is 1.88 bits per heavy atom. The molecule has 4 nitrogen and oxygen atoms in total. The molecule has 0 saturated heterocycles. The maximum Gasteiger partial charge on any atom is 0.251 e. The molecule has 0 radical (unpaired) electrons. The fourth-order valence-corrected chi connectivity index (χ4v) is 3.11. The first-order valence-corrected chi connectivity index (χ1v) is 7.95. The Bertz CT molecular complexity index is 782. The van der Waals surface area contributed by atoms with Crippen LogP contribution in [0, 0.1) is 0 Å². The van der Waals surface area contributed by atoms with Crippen molar-refractivity contribution in [1.82, 2.24) is 0 Å². The second kappa shape index (κ2) is 6.79. The lowest BCUT2D eigenvalue weighted by Crippen LogP contribution is -2.34. The van der Waals surface area contributed by atoms with Crippen molar-refractivity contribution in [3.8, 4) is 11.5 Å². The Hall–Kier alpha value is -2.75. The highest BCUT2D eigenvalue weighted by atomic mass is 16.5. The minimum atomic E-state index is -0.0118. The molecule has 124 valence electrons. The number of amides is 1. The van der Waals surface area contributed by atoms with Gasteiger partial charge in [-0.05, 0) is 48.7 Å². The summed E-state index contributed by atoms with van der Waals surface area (Å²) in [6.45, 7) is 2.07. The van der Waals surface area contributed by atoms with Crippen molar-refractivity contribution in [3.63, 3.8) is 0 Å². The summed E-state index contributed by atoms with van der Waals surface area (Å²) in [5.74, 6) is 1.30. The summed E-state index contributed by atoms with van der Waals surface area (Å²) in [4.78, 5) is 14.5. The van der Waals surface area contributed by atoms with E-state index in [4.69, 9.17) is 9.47 Å². The molecule has 0 N–H and O–H groups in total. The number of rotatable bonds is 4. The van der Waals surface area contributed by atoms with Crippen LogP contribution in [-0.2, 0) is 11.2 Å². The van der Waals surface area contributed by atoms with E-state index in [1.807, 2.05) is 41.3 Å². The quantitative estimate of drug-likeness (QED) is 0.806. The molecule has 0 fully saturated rings. The molecular weight excluding hydrogens is 302 g/mol. The Balaban J connectivity index is 1.81. The first-order valence-electron chi connectivity index (χ1n) is 7.95. The molecular formula is C20H21NO3. The lowest BCUT2D eigenvalue weighted by Gasteiger charge is -2.21. The van der Waals surface area contributed by atoms with Gasteiger partial charge in [0.25, 0.3) is 5.91 Å². The summed E-state index contributed by atoms with van der Waals surface area (Å²) in [6.07, 6.45) is 4.31. The predicted octanol–water partition coefficient (Wildman–Crippen LogP) is 3.69. The monoisotopic (exact) mass is 323 g/mol. The van der Waals surface area contributed by atoms with Crippen molar-refractivity contribution in [1.29, 1.82) is 0 Å². The number of anilines is 1. The number of methoxy groups -OCH3 is 2. The lowest BCUT2D eigenvalue weighted by atomic mass is 10.1. The van der Waals surface area contributed by atoms with Crippen LogP contribution >= 0.6 is 0 Å². The number of hydrogen-bond acceptors (Lipinski definition) is 3. The van der Waals surface area contributed by atoms with Crippen LogP contribution in [0.25, 0.3) is 6.08 Å². The van der Waals surface area contributed by atoms with Crippen molar-refractivity contribution in [2.45, 2.75) is 19.4 Å². The molecule has 3 rings (SSSR count). The van der Waals surface area contributed by atoms with E-state index >= 15 is 0 Å². The van der Waals surface area contributed by atoms with Crippen molar-refractivity contribution < 1.29 is 14.3 Å². The zero-order valence-corrected chi connectivity index (χ0v) is 14.2. The number of benzene rings is 2. The van der Waals surface area contributed by atoms with Gasteiger partial charge in [0.2, 0.25) is 0 Å². The van der Waals surface area contributed by atoms with Gasteiger partial charge in [-0.2, -0.15) is 0 Å². The highest BCUT2D eigenvalue weighted by molar-refractivity contribution is 6.05. The van der Waals surface area contributed by atoms with E-state index in [9.17, 15) is 4.79 Å². The zero-order valence-electron chi connectivity index (χ0n) is 14.2. The Morgan fingerprint density at radius 3 is 2.62 bits per heavy atom. The van der Waals surface area contributed by atoms with Gasteiger partial charge >= 0.3 is 0 Å². The van der Waals surface area contributed by atoms with Gasteiger partial charge in [-0.25, -0.2) is 0 Å². The standard InChI is InChI=1S/C20H21NO3/c1-14-12-16-6-4-5-7-17(16)21(14)20(22)11-9-15-8-10-18(23-2)19(13-15)24-3/h4-11,13-14H,12H2,1-3H3/b11-9+. The molecule has 1 amide bonds. The fraction of sp³-hybridized carbons (Fsp3) is 0.250. The normalized spacial score (nSPS) is 16.3. The molecule has 2 aromatic carbocycles. The van der Waals surface area contributed by atoms with Crippen LogP contribution in [-0.4, -0.2) is 26.2 Å². The van der Waals surface area contributed by atoms with Crippen molar-refractivity contribution in [3.05, 3.63) is 59.7 Å². The molecule has 0 aliphatic carbocycles. The van der Waals surface area contributed by atoms with Crippen LogP contribution in [0.1, 0.15) is 18.1 Å². The summed E-state index contributed by atoms with van der Waals surface area (Å²) in [6, 6.07) is 13.8. The van der Waals surface area contributed by atoms with E-state index in [0.29, 0.717) is 11.5 Å². The molecule has 0 aromatic heterocycles. The van der Waals surface area contributed by atoms with Crippen molar-refractivity contribution >= 4 is 17.7 Å². The van der Waals surface area contributed by atoms with Gasteiger partial charge in [-0.1, -0.05) is 24.3 Å². The first-order chi connectivity index (χ1) is 11.6. The molecule has 0 saturated carbocycles. The smallest absolute Gasteiger partial charge is 0.251 e. The van der Waals surface area contributed by atoms with E-state index in [-0.39, 0.29) is 11.9 Å². The largest absolute Gasteiger partial charge is 0.493 e. The van der Waals surface area contributed by atoms with Crippen molar-refractivity contribution in [2.24, 2.45) is 0 Å². The average molecular weight is 323 g/mol. The molecule has 1 unspecified atom stereocenters. The third kappa shape index (κ3) is 3.00. The number of para-hydroxylation sites is 1. The number of nitrogens with zero attached hydrogens (tertiary/aromatic N) is 1. The Kier molecular flexibility index (Phi) is 4.56. The fourth-order valence-electron chi connectivity index (χ4n) is 3.11. The molecule has 1 atom stereocenters. The van der Waals surface area contributed by atoms with Crippen LogP contribution < -0.4 is 14.4 Å². The van der Waals surface area contributed by atoms with Gasteiger partial charge in [-0.3, -0.25) is 4.79 Å². The van der Waals surface area contributed by atoms with Crippen LogP contribution in [0.4, 0.5) is 5.69 Å². The van der Waals surface area contributed by atoms with Gasteiger partial charge in [-0.15, -0.1) is 0 Å². The number of carbonyl (C=O) groups excluding carboxylic acids is 1. The number of ether oxygens (including phenoxy) is 2. The highest BCUT2D eigenvalue weighted by Gasteiger charge is 2.29. The summed E-state index contributed by atoms with van der Waals surface area (Å²) >= 11 is 0. The van der Waals surface area contributed by atoms with Crippen molar-refractivity contribution in [2.75, 3.05) is 19.1 Å². The second-order valence-electron chi connectivity index (χ2n) is 5.84. The SMILES string of the molecule is COc1ccc(/C=C/C(=O)N2c3ccccc3CC2C)cc1OC. The molecule has 0 spiro atoms. The van der Waals surface area contributed by atoms with Gasteiger partial charge < -0.3 is 14.4 Å². The van der Waals surface area contributed by atoms with E-state index in [1.54, 1.807) is 26.4 Å². The molecule has 1 aliphatic rings. The van der Waals surface area contributed by atoms with E-state index in [0.717, 1.165) is 17.7 Å². The lowest BCUT2D eigenvalue weighted by molar-refractivity contribution is -0.114. The number of carbonyl (C=O) groups is 1. The third-order valence-corrected chi connectivity index (χ3v) is 4.27. The Morgan fingerprint density at radius 1 is 1.12 bits per heavy atom. The molecule has 4 heteroatoms. The maximum absolute atomic E-state index is 12.7. The van der Waals surface area contributed by atoms with Gasteiger partial charge in [0.15, 0.2) is 11.5 Å². The summed E-state index contributed by atoms with van der Waals surface area (Å²) in [7, 11) is 3.20. The third-order valence-electron chi connectivity index (χ3n) is 4.27. The van der Waals surface area contributed by atoms with Gasteiger partial charge in [0, 0.05) is 17.8 Å². The predicted molar refractivity (Wildman–Crippen MR) is 95.7 cm³/mol.